The monoisotopic (exact) mass is 332 g/mol. The smallest absolute Gasteiger partial charge is 0.313 e. The fourth-order valence-corrected chi connectivity index (χ4v) is 2.67. The zero-order chi connectivity index (χ0) is 17.4. The van der Waals surface area contributed by atoms with Gasteiger partial charge in [-0.15, -0.1) is 0 Å². The Morgan fingerprint density at radius 1 is 1.04 bits per heavy atom. The molecule has 0 atom stereocenters. The van der Waals surface area contributed by atoms with Gasteiger partial charge in [0.1, 0.15) is 0 Å². The molecule has 1 aromatic carbocycles. The van der Waals surface area contributed by atoms with Crippen LogP contribution in [0.3, 0.4) is 0 Å². The number of rotatable bonds is 6. The molecule has 1 aliphatic heterocycles. The third kappa shape index (κ3) is 5.94. The maximum Gasteiger partial charge on any atom is 0.313 e. The first-order chi connectivity index (χ1) is 11.6. The van der Waals surface area contributed by atoms with Crippen LogP contribution in [-0.4, -0.2) is 67.9 Å². The standard InChI is InChI=1S/C18H28N4O2/c1-3-15-5-7-16(8-6-15)20-18(24)17(23)19-9-4-10-22-13-11-21(2)12-14-22/h5-8H,3-4,9-14H2,1-2H3,(H,19,23)(H,20,24). The largest absolute Gasteiger partial charge is 0.348 e. The van der Waals surface area contributed by atoms with E-state index in [9.17, 15) is 9.59 Å². The molecule has 0 spiro atoms. The van der Waals surface area contributed by atoms with Crippen molar-refractivity contribution in [3.63, 3.8) is 0 Å². The molecule has 1 heterocycles. The second kappa shape index (κ2) is 9.39. The van der Waals surface area contributed by atoms with Gasteiger partial charge >= 0.3 is 11.8 Å². The van der Waals surface area contributed by atoms with Gasteiger partial charge in [0.2, 0.25) is 0 Å². The summed E-state index contributed by atoms with van der Waals surface area (Å²) in [7, 11) is 2.13. The molecule has 0 saturated carbocycles. The highest BCUT2D eigenvalue weighted by Gasteiger charge is 2.15. The van der Waals surface area contributed by atoms with Crippen molar-refractivity contribution >= 4 is 17.5 Å². The SMILES string of the molecule is CCc1ccc(NC(=O)C(=O)NCCCN2CCN(C)CC2)cc1. The number of hydrogen-bond acceptors (Lipinski definition) is 4. The van der Waals surface area contributed by atoms with Crippen LogP contribution in [0.15, 0.2) is 24.3 Å². The Morgan fingerprint density at radius 3 is 2.33 bits per heavy atom. The molecule has 2 rings (SSSR count). The van der Waals surface area contributed by atoms with E-state index in [4.69, 9.17) is 0 Å². The molecular formula is C18H28N4O2. The number of nitrogens with zero attached hydrogens (tertiary/aromatic N) is 2. The zero-order valence-electron chi connectivity index (χ0n) is 14.7. The molecule has 6 nitrogen and oxygen atoms in total. The van der Waals surface area contributed by atoms with E-state index >= 15 is 0 Å². The van der Waals surface area contributed by atoms with Crippen molar-refractivity contribution in [3.05, 3.63) is 29.8 Å². The van der Waals surface area contributed by atoms with Gasteiger partial charge in [-0.1, -0.05) is 19.1 Å². The van der Waals surface area contributed by atoms with Gasteiger partial charge in [-0.3, -0.25) is 9.59 Å². The van der Waals surface area contributed by atoms with E-state index in [-0.39, 0.29) is 0 Å². The topological polar surface area (TPSA) is 64.7 Å². The molecule has 0 bridgehead atoms. The van der Waals surface area contributed by atoms with E-state index in [1.807, 2.05) is 24.3 Å². The molecule has 0 aliphatic carbocycles. The van der Waals surface area contributed by atoms with Crippen LogP contribution in [0, 0.1) is 0 Å². The van der Waals surface area contributed by atoms with Crippen LogP contribution < -0.4 is 10.6 Å². The second-order valence-electron chi connectivity index (χ2n) is 6.26. The number of aryl methyl sites for hydroxylation is 1. The lowest BCUT2D eigenvalue weighted by Gasteiger charge is -2.32. The highest BCUT2D eigenvalue weighted by molar-refractivity contribution is 6.39. The summed E-state index contributed by atoms with van der Waals surface area (Å²) in [5, 5.41) is 5.31. The minimum absolute atomic E-state index is 0.521. The number of nitrogens with one attached hydrogen (secondary N) is 2. The Kier molecular flexibility index (Phi) is 7.21. The van der Waals surface area contributed by atoms with Gasteiger partial charge in [0, 0.05) is 38.4 Å². The number of amides is 2. The third-order valence-electron chi connectivity index (χ3n) is 4.36. The van der Waals surface area contributed by atoms with Crippen LogP contribution in [-0.2, 0) is 16.0 Å². The Balaban J connectivity index is 1.63. The maximum atomic E-state index is 11.9. The van der Waals surface area contributed by atoms with Gasteiger partial charge in [-0.25, -0.2) is 0 Å². The molecule has 1 aliphatic rings. The van der Waals surface area contributed by atoms with E-state index in [0.717, 1.165) is 45.6 Å². The van der Waals surface area contributed by atoms with E-state index in [1.54, 1.807) is 0 Å². The molecule has 24 heavy (non-hydrogen) atoms. The highest BCUT2D eigenvalue weighted by atomic mass is 16.2. The quantitative estimate of drug-likeness (QED) is 0.601. The average Bonchev–Trinajstić information content (AvgIpc) is 2.60. The summed E-state index contributed by atoms with van der Waals surface area (Å²) >= 11 is 0. The minimum atomic E-state index is -0.612. The second-order valence-corrected chi connectivity index (χ2v) is 6.26. The Labute approximate surface area is 144 Å². The number of carbonyl (C=O) groups excluding carboxylic acids is 2. The lowest BCUT2D eigenvalue weighted by molar-refractivity contribution is -0.136. The number of likely N-dealkylation sites (N-methyl/N-ethyl adjacent to an activating group) is 1. The summed E-state index contributed by atoms with van der Waals surface area (Å²) in [6.07, 6.45) is 1.80. The van der Waals surface area contributed by atoms with Crippen molar-refractivity contribution in [1.29, 1.82) is 0 Å². The molecular weight excluding hydrogens is 304 g/mol. The van der Waals surface area contributed by atoms with E-state index < -0.39 is 11.8 Å². The van der Waals surface area contributed by atoms with Gasteiger partial charge in [0.15, 0.2) is 0 Å². The van der Waals surface area contributed by atoms with Crippen molar-refractivity contribution in [2.24, 2.45) is 0 Å². The van der Waals surface area contributed by atoms with Crippen molar-refractivity contribution in [1.82, 2.24) is 15.1 Å². The lowest BCUT2D eigenvalue weighted by atomic mass is 10.1. The van der Waals surface area contributed by atoms with Gasteiger partial charge in [0.25, 0.3) is 0 Å². The van der Waals surface area contributed by atoms with Gasteiger partial charge in [-0.05, 0) is 44.1 Å². The van der Waals surface area contributed by atoms with Crippen LogP contribution >= 0.6 is 0 Å². The first-order valence-corrected chi connectivity index (χ1v) is 8.67. The summed E-state index contributed by atoms with van der Waals surface area (Å²) in [4.78, 5) is 28.4. The van der Waals surface area contributed by atoms with Crippen molar-refractivity contribution < 1.29 is 9.59 Å². The fourth-order valence-electron chi connectivity index (χ4n) is 2.67. The summed E-state index contributed by atoms with van der Waals surface area (Å²) < 4.78 is 0. The van der Waals surface area contributed by atoms with Gasteiger partial charge in [-0.2, -0.15) is 0 Å². The molecule has 2 amide bonds. The summed E-state index contributed by atoms with van der Waals surface area (Å²) in [5.74, 6) is -1.19. The number of anilines is 1. The van der Waals surface area contributed by atoms with Crippen molar-refractivity contribution in [2.45, 2.75) is 19.8 Å². The van der Waals surface area contributed by atoms with E-state index in [2.05, 4.69) is 34.4 Å². The zero-order valence-corrected chi connectivity index (χ0v) is 14.7. The Bertz CT molecular complexity index is 536. The summed E-state index contributed by atoms with van der Waals surface area (Å²) in [6.45, 7) is 7.86. The Hall–Kier alpha value is -1.92. The predicted molar refractivity (Wildman–Crippen MR) is 96.0 cm³/mol. The van der Waals surface area contributed by atoms with Crippen molar-refractivity contribution in [3.8, 4) is 0 Å². The Morgan fingerprint density at radius 2 is 1.71 bits per heavy atom. The summed E-state index contributed by atoms with van der Waals surface area (Å²) in [6, 6.07) is 7.53. The van der Waals surface area contributed by atoms with Gasteiger partial charge in [0.05, 0.1) is 0 Å². The molecule has 1 aromatic rings. The van der Waals surface area contributed by atoms with Gasteiger partial charge < -0.3 is 20.4 Å². The van der Waals surface area contributed by atoms with E-state index in [0.29, 0.717) is 12.2 Å². The van der Waals surface area contributed by atoms with E-state index in [1.165, 1.54) is 5.56 Å². The molecule has 2 N–H and O–H groups in total. The molecule has 1 saturated heterocycles. The minimum Gasteiger partial charge on any atom is -0.348 e. The number of piperazine rings is 1. The number of carbonyl (C=O) groups is 2. The van der Waals surface area contributed by atoms with Crippen LogP contribution in [0.1, 0.15) is 18.9 Å². The number of hydrogen-bond donors (Lipinski definition) is 2. The average molecular weight is 332 g/mol. The maximum absolute atomic E-state index is 11.9. The normalized spacial score (nSPS) is 15.9. The van der Waals surface area contributed by atoms with Crippen molar-refractivity contribution in [2.75, 3.05) is 51.6 Å². The molecule has 132 valence electrons. The molecule has 1 fully saturated rings. The molecule has 0 aromatic heterocycles. The fraction of sp³-hybridized carbons (Fsp3) is 0.556. The van der Waals surface area contributed by atoms with Crippen LogP contribution in [0.2, 0.25) is 0 Å². The first-order valence-electron chi connectivity index (χ1n) is 8.67. The lowest BCUT2D eigenvalue weighted by Crippen LogP contribution is -2.45. The molecule has 0 radical (unpaired) electrons. The van der Waals surface area contributed by atoms with Crippen LogP contribution in [0.5, 0.6) is 0 Å². The highest BCUT2D eigenvalue weighted by Crippen LogP contribution is 2.09. The first kappa shape index (κ1) is 18.4. The summed E-state index contributed by atoms with van der Waals surface area (Å²) in [5.41, 5.74) is 1.84. The van der Waals surface area contributed by atoms with Crippen LogP contribution in [0.25, 0.3) is 0 Å². The molecule has 0 unspecified atom stereocenters. The third-order valence-corrected chi connectivity index (χ3v) is 4.36. The number of benzene rings is 1. The predicted octanol–water partition coefficient (Wildman–Crippen LogP) is 0.941. The molecule has 6 heteroatoms. The van der Waals surface area contributed by atoms with Crippen LogP contribution in [0.4, 0.5) is 5.69 Å².